The smallest absolute Gasteiger partial charge is 0.225 e. The lowest BCUT2D eigenvalue weighted by molar-refractivity contribution is -0.121. The fraction of sp³-hybridized carbons (Fsp3) is 0.312. The van der Waals surface area contributed by atoms with E-state index in [-0.39, 0.29) is 11.8 Å². The second kappa shape index (κ2) is 3.96. The Hall–Kier alpha value is -2.07. The Bertz CT molecular complexity index is 743. The molecular formula is C16H17N3O. The van der Waals surface area contributed by atoms with Crippen molar-refractivity contribution < 1.29 is 4.79 Å². The summed E-state index contributed by atoms with van der Waals surface area (Å²) in [5.74, 6) is -0.433. The summed E-state index contributed by atoms with van der Waals surface area (Å²) in [5.41, 5.74) is 10.5. The van der Waals surface area contributed by atoms with Gasteiger partial charge in [-0.3, -0.25) is 9.69 Å². The predicted octanol–water partition coefficient (Wildman–Crippen LogP) is 1.52. The van der Waals surface area contributed by atoms with Crippen LogP contribution in [0.4, 0.5) is 0 Å². The number of aromatic nitrogens is 1. The van der Waals surface area contributed by atoms with Crippen molar-refractivity contribution in [3.63, 3.8) is 0 Å². The van der Waals surface area contributed by atoms with Gasteiger partial charge in [0, 0.05) is 29.7 Å². The number of aromatic amines is 1. The number of hydrogen-bond donors (Lipinski definition) is 2. The molecule has 102 valence electrons. The zero-order valence-electron chi connectivity index (χ0n) is 11.4. The third-order valence-corrected chi connectivity index (χ3v) is 4.63. The van der Waals surface area contributed by atoms with Crippen LogP contribution in [0.15, 0.2) is 30.5 Å². The molecule has 1 aromatic carbocycles. The van der Waals surface area contributed by atoms with Gasteiger partial charge in [0.2, 0.25) is 5.91 Å². The highest BCUT2D eigenvalue weighted by atomic mass is 16.1. The van der Waals surface area contributed by atoms with Gasteiger partial charge in [-0.2, -0.15) is 0 Å². The Labute approximate surface area is 117 Å². The van der Waals surface area contributed by atoms with Gasteiger partial charge in [0.25, 0.3) is 0 Å². The molecule has 0 bridgehead atoms. The molecule has 0 spiro atoms. The topological polar surface area (TPSA) is 62.1 Å². The van der Waals surface area contributed by atoms with Crippen molar-refractivity contribution in [1.29, 1.82) is 0 Å². The molecular weight excluding hydrogens is 250 g/mol. The number of benzene rings is 1. The van der Waals surface area contributed by atoms with Crippen LogP contribution in [0.2, 0.25) is 0 Å². The molecule has 0 saturated heterocycles. The maximum atomic E-state index is 11.6. The van der Waals surface area contributed by atoms with Crippen molar-refractivity contribution in [2.24, 2.45) is 11.7 Å². The summed E-state index contributed by atoms with van der Waals surface area (Å²) in [7, 11) is 2.07. The first-order chi connectivity index (χ1) is 9.65. The van der Waals surface area contributed by atoms with E-state index in [1.165, 1.54) is 27.6 Å². The average Bonchev–Trinajstić information content (AvgIpc) is 2.84. The highest BCUT2D eigenvalue weighted by molar-refractivity contribution is 5.99. The summed E-state index contributed by atoms with van der Waals surface area (Å²) in [6, 6.07) is 6.66. The Morgan fingerprint density at radius 1 is 1.45 bits per heavy atom. The Morgan fingerprint density at radius 3 is 3.10 bits per heavy atom. The van der Waals surface area contributed by atoms with E-state index in [0.29, 0.717) is 12.6 Å². The largest absolute Gasteiger partial charge is 0.369 e. The van der Waals surface area contributed by atoms with Crippen molar-refractivity contribution in [1.82, 2.24) is 9.88 Å². The highest BCUT2D eigenvalue weighted by Crippen LogP contribution is 2.40. The molecule has 20 heavy (non-hydrogen) atoms. The number of carbonyl (C=O) groups excluding carboxylic acids is 1. The highest BCUT2D eigenvalue weighted by Gasteiger charge is 2.34. The SMILES string of the molecule is CN1C[C@H](C(N)=O)C=C2c3cccc4[nH]cc(c34)C[C@@H]21. The fourth-order valence-electron chi connectivity index (χ4n) is 3.63. The Kier molecular flexibility index (Phi) is 2.32. The number of primary amides is 1. The number of likely N-dealkylation sites (N-methyl/N-ethyl adjacent to an activating group) is 1. The third kappa shape index (κ3) is 1.48. The summed E-state index contributed by atoms with van der Waals surface area (Å²) in [5, 5.41) is 1.30. The minimum atomic E-state index is -0.241. The molecule has 3 N–H and O–H groups in total. The van der Waals surface area contributed by atoms with Crippen LogP contribution in [0.5, 0.6) is 0 Å². The Morgan fingerprint density at radius 2 is 2.30 bits per heavy atom. The summed E-state index contributed by atoms with van der Waals surface area (Å²) in [6.45, 7) is 0.708. The molecule has 2 aromatic rings. The zero-order valence-corrected chi connectivity index (χ0v) is 11.4. The molecule has 1 aliphatic heterocycles. The normalized spacial score (nSPS) is 25.4. The van der Waals surface area contributed by atoms with Crippen LogP contribution in [-0.2, 0) is 11.2 Å². The Balaban J connectivity index is 1.96. The lowest BCUT2D eigenvalue weighted by Crippen LogP contribution is -2.45. The summed E-state index contributed by atoms with van der Waals surface area (Å²) < 4.78 is 0. The van der Waals surface area contributed by atoms with Crippen LogP contribution in [-0.4, -0.2) is 35.4 Å². The number of nitrogens with one attached hydrogen (secondary N) is 1. The first kappa shape index (κ1) is 11.7. The van der Waals surface area contributed by atoms with Crippen LogP contribution < -0.4 is 5.73 Å². The fourth-order valence-corrected chi connectivity index (χ4v) is 3.63. The number of nitrogens with two attached hydrogens (primary N) is 1. The van der Waals surface area contributed by atoms with Gasteiger partial charge < -0.3 is 10.7 Å². The second-order valence-corrected chi connectivity index (χ2v) is 5.83. The number of hydrogen-bond acceptors (Lipinski definition) is 2. The molecule has 1 aliphatic carbocycles. The molecule has 1 amide bonds. The molecule has 0 saturated carbocycles. The van der Waals surface area contributed by atoms with Gasteiger partial charge in [-0.05, 0) is 36.2 Å². The van der Waals surface area contributed by atoms with Crippen LogP contribution in [0, 0.1) is 5.92 Å². The molecule has 2 aliphatic rings. The van der Waals surface area contributed by atoms with E-state index in [0.717, 1.165) is 6.42 Å². The van der Waals surface area contributed by atoms with Gasteiger partial charge in [-0.1, -0.05) is 18.2 Å². The standard InChI is InChI=1S/C16H17N3O/c1-19-8-10(16(17)20)5-12-11-3-2-4-13-15(11)9(7-18-13)6-14(12)19/h2-5,7,10,14,18H,6,8H2,1H3,(H2,17,20)/t10-,14+/m1/s1. The summed E-state index contributed by atoms with van der Waals surface area (Å²) in [6.07, 6.45) is 5.18. The van der Waals surface area contributed by atoms with Gasteiger partial charge in [-0.25, -0.2) is 0 Å². The number of amides is 1. The van der Waals surface area contributed by atoms with Crippen molar-refractivity contribution >= 4 is 22.4 Å². The average molecular weight is 267 g/mol. The second-order valence-electron chi connectivity index (χ2n) is 5.83. The molecule has 4 heteroatoms. The quantitative estimate of drug-likeness (QED) is 0.823. The lowest BCUT2D eigenvalue weighted by Gasteiger charge is -2.39. The monoisotopic (exact) mass is 267 g/mol. The molecule has 0 radical (unpaired) electrons. The minimum Gasteiger partial charge on any atom is -0.369 e. The van der Waals surface area contributed by atoms with Gasteiger partial charge >= 0.3 is 0 Å². The van der Waals surface area contributed by atoms with Crippen molar-refractivity contribution in [2.45, 2.75) is 12.5 Å². The van der Waals surface area contributed by atoms with Crippen molar-refractivity contribution in [3.8, 4) is 0 Å². The first-order valence-corrected chi connectivity index (χ1v) is 6.96. The van der Waals surface area contributed by atoms with E-state index in [1.54, 1.807) is 0 Å². The molecule has 4 rings (SSSR count). The molecule has 2 heterocycles. The van der Waals surface area contributed by atoms with Gasteiger partial charge in [0.1, 0.15) is 0 Å². The number of rotatable bonds is 1. The van der Waals surface area contributed by atoms with E-state index in [2.05, 4.69) is 47.4 Å². The summed E-state index contributed by atoms with van der Waals surface area (Å²) in [4.78, 5) is 17.1. The minimum absolute atomic E-state index is 0.193. The van der Waals surface area contributed by atoms with Gasteiger partial charge in [-0.15, -0.1) is 0 Å². The maximum Gasteiger partial charge on any atom is 0.225 e. The predicted molar refractivity (Wildman–Crippen MR) is 79.1 cm³/mol. The van der Waals surface area contributed by atoms with Crippen LogP contribution in [0.25, 0.3) is 16.5 Å². The number of nitrogens with zero attached hydrogens (tertiary/aromatic N) is 1. The molecule has 2 atom stereocenters. The zero-order chi connectivity index (χ0) is 13.9. The van der Waals surface area contributed by atoms with E-state index in [1.807, 2.05) is 0 Å². The first-order valence-electron chi connectivity index (χ1n) is 6.96. The molecule has 4 nitrogen and oxygen atoms in total. The third-order valence-electron chi connectivity index (χ3n) is 4.63. The van der Waals surface area contributed by atoms with E-state index >= 15 is 0 Å². The molecule has 0 unspecified atom stereocenters. The lowest BCUT2D eigenvalue weighted by atomic mass is 9.80. The van der Waals surface area contributed by atoms with E-state index < -0.39 is 0 Å². The van der Waals surface area contributed by atoms with Crippen molar-refractivity contribution in [3.05, 3.63) is 41.6 Å². The molecule has 0 fully saturated rings. The maximum absolute atomic E-state index is 11.6. The number of fused-ring (bicyclic) bond motifs is 2. The van der Waals surface area contributed by atoms with E-state index in [4.69, 9.17) is 5.73 Å². The number of H-pyrrole nitrogens is 1. The molecule has 1 aromatic heterocycles. The van der Waals surface area contributed by atoms with Crippen molar-refractivity contribution in [2.75, 3.05) is 13.6 Å². The van der Waals surface area contributed by atoms with Crippen LogP contribution in [0.3, 0.4) is 0 Å². The van der Waals surface area contributed by atoms with Gasteiger partial charge in [0.05, 0.1) is 5.92 Å². The summed E-state index contributed by atoms with van der Waals surface area (Å²) >= 11 is 0. The number of carbonyl (C=O) groups is 1. The van der Waals surface area contributed by atoms with Crippen LogP contribution >= 0.6 is 0 Å². The van der Waals surface area contributed by atoms with Gasteiger partial charge in [0.15, 0.2) is 0 Å². The van der Waals surface area contributed by atoms with Crippen LogP contribution in [0.1, 0.15) is 11.1 Å². The van der Waals surface area contributed by atoms with E-state index in [9.17, 15) is 4.79 Å².